The number of amides is 1. The fourth-order valence-corrected chi connectivity index (χ4v) is 3.06. The number of likely N-dealkylation sites (tertiary alicyclic amines) is 1. The van der Waals surface area contributed by atoms with Crippen molar-refractivity contribution in [1.29, 1.82) is 0 Å². The number of hydrogen-bond acceptors (Lipinski definition) is 4. The zero-order valence-electron chi connectivity index (χ0n) is 13.2. The van der Waals surface area contributed by atoms with Crippen LogP contribution >= 0.6 is 11.8 Å². The second-order valence-corrected chi connectivity index (χ2v) is 6.31. The Labute approximate surface area is 136 Å². The fraction of sp³-hybridized carbons (Fsp3) is 0.529. The number of rotatable bonds is 5. The van der Waals surface area contributed by atoms with Crippen LogP contribution in [0.2, 0.25) is 0 Å². The highest BCUT2D eigenvalue weighted by atomic mass is 32.2. The van der Waals surface area contributed by atoms with Crippen molar-refractivity contribution in [2.45, 2.75) is 31.1 Å². The first kappa shape index (κ1) is 16.9. The number of carbonyl (C=O) groups is 2. The van der Waals surface area contributed by atoms with Gasteiger partial charge in [0.2, 0.25) is 5.91 Å². The third-order valence-corrected chi connectivity index (χ3v) is 4.73. The molecule has 0 atom stereocenters. The maximum atomic E-state index is 12.3. The molecule has 0 radical (unpaired) electrons. The Hall–Kier alpha value is -1.49. The summed E-state index contributed by atoms with van der Waals surface area (Å²) in [6.07, 6.45) is 3.87. The minimum absolute atomic E-state index is 0.0511. The molecule has 0 aliphatic carbocycles. The molecule has 1 aliphatic rings. The van der Waals surface area contributed by atoms with E-state index >= 15 is 0 Å². The van der Waals surface area contributed by atoms with E-state index in [4.69, 9.17) is 4.74 Å². The SMILES string of the molecule is CCOC(=O)C1CCN(C(=O)Cc2ccc(SC)cc2)CC1. The van der Waals surface area contributed by atoms with Crippen molar-refractivity contribution in [1.82, 2.24) is 4.90 Å². The summed E-state index contributed by atoms with van der Waals surface area (Å²) >= 11 is 1.69. The monoisotopic (exact) mass is 321 g/mol. The molecule has 1 fully saturated rings. The summed E-state index contributed by atoms with van der Waals surface area (Å²) < 4.78 is 5.05. The Morgan fingerprint density at radius 2 is 1.86 bits per heavy atom. The van der Waals surface area contributed by atoms with E-state index in [0.29, 0.717) is 39.0 Å². The number of nitrogens with zero attached hydrogens (tertiary/aromatic N) is 1. The van der Waals surface area contributed by atoms with Crippen LogP contribution in [0.5, 0.6) is 0 Å². The summed E-state index contributed by atoms with van der Waals surface area (Å²) in [5, 5.41) is 0. The van der Waals surface area contributed by atoms with Gasteiger partial charge in [-0.1, -0.05) is 12.1 Å². The van der Waals surface area contributed by atoms with Crippen molar-refractivity contribution in [3.63, 3.8) is 0 Å². The van der Waals surface area contributed by atoms with Crippen LogP contribution in [-0.4, -0.2) is 42.7 Å². The van der Waals surface area contributed by atoms with Crippen molar-refractivity contribution < 1.29 is 14.3 Å². The van der Waals surface area contributed by atoms with Gasteiger partial charge in [-0.3, -0.25) is 9.59 Å². The van der Waals surface area contributed by atoms with Gasteiger partial charge in [0.05, 0.1) is 18.9 Å². The van der Waals surface area contributed by atoms with Gasteiger partial charge in [0, 0.05) is 18.0 Å². The van der Waals surface area contributed by atoms with Crippen LogP contribution in [0.15, 0.2) is 29.2 Å². The van der Waals surface area contributed by atoms with Crippen LogP contribution in [0.1, 0.15) is 25.3 Å². The summed E-state index contributed by atoms with van der Waals surface area (Å²) in [4.78, 5) is 27.1. The van der Waals surface area contributed by atoms with Gasteiger partial charge in [-0.2, -0.15) is 0 Å². The summed E-state index contributed by atoms with van der Waals surface area (Å²) in [6.45, 7) is 3.53. The van der Waals surface area contributed by atoms with Crippen LogP contribution in [0.25, 0.3) is 0 Å². The number of hydrogen-bond donors (Lipinski definition) is 0. The third kappa shape index (κ3) is 4.50. The molecular weight excluding hydrogens is 298 g/mol. The molecular formula is C17H23NO3S. The predicted octanol–water partition coefficient (Wildman–Crippen LogP) is 2.75. The average molecular weight is 321 g/mol. The maximum absolute atomic E-state index is 12.3. The molecule has 0 spiro atoms. The minimum Gasteiger partial charge on any atom is -0.466 e. The van der Waals surface area contributed by atoms with Crippen molar-refractivity contribution in [3.8, 4) is 0 Å². The smallest absolute Gasteiger partial charge is 0.309 e. The average Bonchev–Trinajstić information content (AvgIpc) is 2.56. The van der Waals surface area contributed by atoms with E-state index in [1.807, 2.05) is 42.3 Å². The molecule has 4 nitrogen and oxygen atoms in total. The Morgan fingerprint density at radius 3 is 2.41 bits per heavy atom. The van der Waals surface area contributed by atoms with Crippen LogP contribution in [0.3, 0.4) is 0 Å². The fourth-order valence-electron chi connectivity index (χ4n) is 2.65. The minimum atomic E-state index is -0.123. The number of piperidine rings is 1. The molecule has 1 saturated heterocycles. The first-order chi connectivity index (χ1) is 10.6. The molecule has 5 heteroatoms. The molecule has 22 heavy (non-hydrogen) atoms. The van der Waals surface area contributed by atoms with E-state index in [-0.39, 0.29) is 17.8 Å². The molecule has 2 rings (SSSR count). The van der Waals surface area contributed by atoms with Crippen molar-refractivity contribution in [2.75, 3.05) is 26.0 Å². The normalized spacial score (nSPS) is 15.6. The third-order valence-electron chi connectivity index (χ3n) is 3.98. The molecule has 1 heterocycles. The second-order valence-electron chi connectivity index (χ2n) is 5.43. The number of thioether (sulfide) groups is 1. The summed E-state index contributed by atoms with van der Waals surface area (Å²) in [5.41, 5.74) is 1.04. The second kappa shape index (κ2) is 8.22. The highest BCUT2D eigenvalue weighted by Gasteiger charge is 2.28. The van der Waals surface area contributed by atoms with E-state index in [2.05, 4.69) is 0 Å². The molecule has 1 amide bonds. The number of benzene rings is 1. The van der Waals surface area contributed by atoms with Crippen LogP contribution in [0, 0.1) is 5.92 Å². The largest absolute Gasteiger partial charge is 0.466 e. The Morgan fingerprint density at radius 1 is 1.23 bits per heavy atom. The van der Waals surface area contributed by atoms with Gasteiger partial charge in [-0.15, -0.1) is 11.8 Å². The van der Waals surface area contributed by atoms with Gasteiger partial charge in [0.1, 0.15) is 0 Å². The summed E-state index contributed by atoms with van der Waals surface area (Å²) in [6, 6.07) is 8.10. The van der Waals surface area contributed by atoms with Crippen molar-refractivity contribution >= 4 is 23.6 Å². The topological polar surface area (TPSA) is 46.6 Å². The number of ether oxygens (including phenoxy) is 1. The zero-order chi connectivity index (χ0) is 15.9. The lowest BCUT2D eigenvalue weighted by Crippen LogP contribution is -2.41. The standard InChI is InChI=1S/C17H23NO3S/c1-3-21-17(20)14-8-10-18(11-9-14)16(19)12-13-4-6-15(22-2)7-5-13/h4-7,14H,3,8-12H2,1-2H3. The van der Waals surface area contributed by atoms with E-state index in [0.717, 1.165) is 5.56 Å². The predicted molar refractivity (Wildman–Crippen MR) is 87.9 cm³/mol. The molecule has 0 saturated carbocycles. The molecule has 0 bridgehead atoms. The van der Waals surface area contributed by atoms with E-state index in [1.54, 1.807) is 11.8 Å². The Balaban J connectivity index is 1.83. The molecule has 1 aliphatic heterocycles. The number of carbonyl (C=O) groups excluding carboxylic acids is 2. The molecule has 0 N–H and O–H groups in total. The Kier molecular flexibility index (Phi) is 6.31. The van der Waals surface area contributed by atoms with E-state index in [9.17, 15) is 9.59 Å². The van der Waals surface area contributed by atoms with Gasteiger partial charge >= 0.3 is 5.97 Å². The van der Waals surface area contributed by atoms with E-state index < -0.39 is 0 Å². The van der Waals surface area contributed by atoms with Gasteiger partial charge in [0.15, 0.2) is 0 Å². The molecule has 1 aromatic carbocycles. The van der Waals surface area contributed by atoms with Gasteiger partial charge in [0.25, 0.3) is 0 Å². The lowest BCUT2D eigenvalue weighted by molar-refractivity contribution is -0.151. The first-order valence-corrected chi connectivity index (χ1v) is 8.93. The van der Waals surface area contributed by atoms with E-state index in [1.165, 1.54) is 4.90 Å². The molecule has 0 unspecified atom stereocenters. The first-order valence-electron chi connectivity index (χ1n) is 7.71. The lowest BCUT2D eigenvalue weighted by atomic mass is 9.96. The highest BCUT2D eigenvalue weighted by Crippen LogP contribution is 2.20. The molecule has 0 aromatic heterocycles. The Bertz CT molecular complexity index is 507. The van der Waals surface area contributed by atoms with Crippen molar-refractivity contribution in [3.05, 3.63) is 29.8 Å². The summed E-state index contributed by atoms with van der Waals surface area (Å²) in [7, 11) is 0. The maximum Gasteiger partial charge on any atom is 0.309 e. The molecule has 120 valence electrons. The lowest BCUT2D eigenvalue weighted by Gasteiger charge is -2.31. The van der Waals surface area contributed by atoms with Crippen LogP contribution in [0.4, 0.5) is 0 Å². The highest BCUT2D eigenvalue weighted by molar-refractivity contribution is 7.98. The van der Waals surface area contributed by atoms with Crippen molar-refractivity contribution in [2.24, 2.45) is 5.92 Å². The summed E-state index contributed by atoms with van der Waals surface area (Å²) in [5.74, 6) is -0.0358. The quantitative estimate of drug-likeness (QED) is 0.618. The van der Waals surface area contributed by atoms with Crippen LogP contribution < -0.4 is 0 Å². The zero-order valence-corrected chi connectivity index (χ0v) is 14.0. The number of esters is 1. The van der Waals surface area contributed by atoms with Gasteiger partial charge < -0.3 is 9.64 Å². The van der Waals surface area contributed by atoms with Gasteiger partial charge in [-0.05, 0) is 43.7 Å². The van der Waals surface area contributed by atoms with Crippen LogP contribution in [-0.2, 0) is 20.7 Å². The van der Waals surface area contributed by atoms with Gasteiger partial charge in [-0.25, -0.2) is 0 Å². The molecule has 1 aromatic rings.